The Bertz CT molecular complexity index is 1360. The summed E-state index contributed by atoms with van der Waals surface area (Å²) in [5, 5.41) is 3.25. The van der Waals surface area contributed by atoms with Crippen LogP contribution in [0.2, 0.25) is 0 Å². The van der Waals surface area contributed by atoms with Crippen LogP contribution in [0.25, 0.3) is 10.9 Å². The van der Waals surface area contributed by atoms with Crippen LogP contribution in [0.3, 0.4) is 0 Å². The zero-order valence-electron chi connectivity index (χ0n) is 22.7. The van der Waals surface area contributed by atoms with Crippen LogP contribution in [0.15, 0.2) is 42.7 Å². The number of carbonyl (C=O) groups excluding carboxylic acids is 2. The Morgan fingerprint density at radius 1 is 0.974 bits per heavy atom. The molecule has 11 heteroatoms. The molecule has 4 rings (SSSR count). The molecule has 1 aliphatic rings. The van der Waals surface area contributed by atoms with Crippen LogP contribution in [0.1, 0.15) is 71.6 Å². The van der Waals surface area contributed by atoms with E-state index in [-0.39, 0.29) is 12.0 Å². The maximum absolute atomic E-state index is 12.9. The highest BCUT2D eigenvalue weighted by atomic mass is 19.4. The summed E-state index contributed by atoms with van der Waals surface area (Å²) in [7, 11) is 0. The van der Waals surface area contributed by atoms with Crippen LogP contribution < -0.4 is 10.1 Å². The number of aromatic nitrogens is 2. The average Bonchev–Trinajstić information content (AvgIpc) is 3.11. The summed E-state index contributed by atoms with van der Waals surface area (Å²) in [5.74, 6) is 0.567. The van der Waals surface area contributed by atoms with Gasteiger partial charge in [0.2, 0.25) is 0 Å². The topological polar surface area (TPSA) is 91.7 Å². The van der Waals surface area contributed by atoms with Gasteiger partial charge < -0.3 is 14.2 Å². The maximum atomic E-state index is 12.9. The summed E-state index contributed by atoms with van der Waals surface area (Å²) >= 11 is 0. The van der Waals surface area contributed by atoms with Gasteiger partial charge in [-0.2, -0.15) is 13.2 Å². The van der Waals surface area contributed by atoms with E-state index in [0.717, 1.165) is 11.6 Å². The number of hydrogen-bond acceptors (Lipinski definition) is 6. The summed E-state index contributed by atoms with van der Waals surface area (Å²) in [6, 6.07) is 7.58. The van der Waals surface area contributed by atoms with Gasteiger partial charge in [0.25, 0.3) is 0 Å². The van der Waals surface area contributed by atoms with E-state index in [9.17, 15) is 22.8 Å². The van der Waals surface area contributed by atoms with Crippen LogP contribution in [0.4, 0.5) is 28.4 Å². The van der Waals surface area contributed by atoms with Crippen molar-refractivity contribution in [3.8, 4) is 5.75 Å². The van der Waals surface area contributed by atoms with Gasteiger partial charge in [-0.25, -0.2) is 9.59 Å². The van der Waals surface area contributed by atoms with Gasteiger partial charge in [-0.3, -0.25) is 14.9 Å². The number of benzene rings is 1. The summed E-state index contributed by atoms with van der Waals surface area (Å²) in [5.41, 5.74) is -0.774. The number of amides is 1. The Morgan fingerprint density at radius 3 is 2.21 bits per heavy atom. The van der Waals surface area contributed by atoms with Crippen LogP contribution in [-0.4, -0.2) is 39.0 Å². The Hall–Kier alpha value is -3.76. The molecule has 0 unspecified atom stereocenters. The molecule has 1 aromatic carbocycles. The molecule has 0 saturated heterocycles. The second-order valence-electron chi connectivity index (χ2n) is 11.6. The summed E-state index contributed by atoms with van der Waals surface area (Å²) in [6.45, 7) is 10.5. The summed E-state index contributed by atoms with van der Waals surface area (Å²) in [6.07, 6.45) is -1.92. The lowest BCUT2D eigenvalue weighted by molar-refractivity contribution is -0.141. The molecule has 1 aliphatic carbocycles. The number of rotatable bonds is 4. The predicted octanol–water partition coefficient (Wildman–Crippen LogP) is 7.51. The van der Waals surface area contributed by atoms with Crippen LogP contribution in [0.5, 0.6) is 5.75 Å². The number of anilines is 1. The lowest BCUT2D eigenvalue weighted by Gasteiger charge is -2.35. The minimum absolute atomic E-state index is 0.0474. The zero-order chi connectivity index (χ0) is 28.8. The quantitative estimate of drug-likeness (QED) is 0.363. The molecule has 39 heavy (non-hydrogen) atoms. The van der Waals surface area contributed by atoms with Crippen LogP contribution in [0, 0.1) is 0 Å². The van der Waals surface area contributed by atoms with Gasteiger partial charge in [0, 0.05) is 17.8 Å². The molecule has 2 heterocycles. The number of ether oxygens (including phenoxy) is 3. The van der Waals surface area contributed by atoms with E-state index in [1.54, 1.807) is 59.7 Å². The molecule has 0 atom stereocenters. The van der Waals surface area contributed by atoms with E-state index < -0.39 is 35.3 Å². The van der Waals surface area contributed by atoms with E-state index in [0.29, 0.717) is 35.2 Å². The van der Waals surface area contributed by atoms with E-state index in [4.69, 9.17) is 14.2 Å². The van der Waals surface area contributed by atoms with Crippen molar-refractivity contribution in [2.24, 2.45) is 0 Å². The number of pyridine rings is 1. The van der Waals surface area contributed by atoms with E-state index in [2.05, 4.69) is 10.3 Å². The molecular weight excluding hydrogens is 515 g/mol. The molecule has 1 saturated carbocycles. The van der Waals surface area contributed by atoms with E-state index in [1.807, 2.05) is 0 Å². The SMILES string of the molecule is CC(C)(C)OC(=O)Nc1cn(C(=O)OC(C)(C)C)c2ccc(OC3CC(c4ccc(C(F)(F)F)nc4)C3)cc12. The Balaban J connectivity index is 1.52. The standard InChI is InChI=1S/C28H32F3N3O5/c1-26(2,3)38-24(35)33-21-15-34(25(36)39-27(4,5)6)22-9-8-18(13-20(21)22)37-19-11-17(12-19)16-7-10-23(32-14-16)28(29,30)31/h7-10,13-15,17,19H,11-12H2,1-6H3,(H,33,35). The number of nitrogens with one attached hydrogen (secondary N) is 1. The first kappa shape index (κ1) is 28.3. The van der Waals surface area contributed by atoms with Crippen molar-refractivity contribution in [3.05, 3.63) is 54.0 Å². The van der Waals surface area contributed by atoms with Crippen molar-refractivity contribution in [1.29, 1.82) is 0 Å². The number of hydrogen-bond donors (Lipinski definition) is 1. The molecule has 210 valence electrons. The van der Waals surface area contributed by atoms with Gasteiger partial charge in [0.15, 0.2) is 0 Å². The highest BCUT2D eigenvalue weighted by Gasteiger charge is 2.35. The lowest BCUT2D eigenvalue weighted by atomic mass is 9.78. The van der Waals surface area contributed by atoms with Crippen molar-refractivity contribution < 1.29 is 37.0 Å². The van der Waals surface area contributed by atoms with Gasteiger partial charge >= 0.3 is 18.4 Å². The zero-order valence-corrected chi connectivity index (χ0v) is 22.7. The van der Waals surface area contributed by atoms with Crippen molar-refractivity contribution >= 4 is 28.8 Å². The van der Waals surface area contributed by atoms with Crippen molar-refractivity contribution in [2.75, 3.05) is 5.32 Å². The van der Waals surface area contributed by atoms with Gasteiger partial charge in [-0.05, 0) is 90.1 Å². The Kier molecular flexibility index (Phi) is 7.31. The number of fused-ring (bicyclic) bond motifs is 1. The fraction of sp³-hybridized carbons (Fsp3) is 0.464. The van der Waals surface area contributed by atoms with Gasteiger partial charge in [-0.15, -0.1) is 0 Å². The fourth-order valence-corrected chi connectivity index (χ4v) is 4.20. The van der Waals surface area contributed by atoms with Gasteiger partial charge in [0.05, 0.1) is 17.3 Å². The number of halogens is 3. The highest BCUT2D eigenvalue weighted by Crippen LogP contribution is 2.40. The molecule has 8 nitrogen and oxygen atoms in total. The smallest absolute Gasteiger partial charge is 0.433 e. The molecule has 0 radical (unpaired) electrons. The molecule has 0 aliphatic heterocycles. The first-order chi connectivity index (χ1) is 18.0. The van der Waals surface area contributed by atoms with Crippen molar-refractivity contribution in [3.63, 3.8) is 0 Å². The second kappa shape index (κ2) is 10.1. The average molecular weight is 548 g/mol. The Labute approximate surface area is 224 Å². The molecule has 1 N–H and O–H groups in total. The molecule has 1 fully saturated rings. The largest absolute Gasteiger partial charge is 0.490 e. The van der Waals surface area contributed by atoms with E-state index in [1.165, 1.54) is 23.0 Å². The summed E-state index contributed by atoms with van der Waals surface area (Å²) in [4.78, 5) is 28.9. The Morgan fingerprint density at radius 2 is 1.64 bits per heavy atom. The van der Waals surface area contributed by atoms with Gasteiger partial charge in [0.1, 0.15) is 22.6 Å². The number of alkyl halides is 3. The minimum Gasteiger partial charge on any atom is -0.490 e. The molecule has 0 spiro atoms. The van der Waals surface area contributed by atoms with E-state index >= 15 is 0 Å². The van der Waals surface area contributed by atoms with Gasteiger partial charge in [-0.1, -0.05) is 6.07 Å². The van der Waals surface area contributed by atoms with Crippen molar-refractivity contribution in [1.82, 2.24) is 9.55 Å². The predicted molar refractivity (Wildman–Crippen MR) is 139 cm³/mol. The second-order valence-corrected chi connectivity index (χ2v) is 11.6. The molecule has 2 aromatic heterocycles. The fourth-order valence-electron chi connectivity index (χ4n) is 4.20. The van der Waals surface area contributed by atoms with Crippen LogP contribution >= 0.6 is 0 Å². The maximum Gasteiger partial charge on any atom is 0.433 e. The summed E-state index contributed by atoms with van der Waals surface area (Å²) < 4.78 is 56.6. The number of nitrogens with zero attached hydrogens (tertiary/aromatic N) is 2. The normalized spacial score (nSPS) is 17.9. The lowest BCUT2D eigenvalue weighted by Crippen LogP contribution is -2.32. The number of carbonyl (C=O) groups is 2. The minimum atomic E-state index is -4.47. The molecular formula is C28H32F3N3O5. The molecule has 0 bridgehead atoms. The monoisotopic (exact) mass is 547 g/mol. The third-order valence-corrected chi connectivity index (χ3v) is 5.95. The first-order valence-electron chi connectivity index (χ1n) is 12.6. The van der Waals surface area contributed by atoms with Crippen molar-refractivity contribution in [2.45, 2.75) is 83.8 Å². The van der Waals surface area contributed by atoms with Crippen LogP contribution in [-0.2, 0) is 15.7 Å². The highest BCUT2D eigenvalue weighted by molar-refractivity contribution is 6.03. The molecule has 1 amide bonds. The first-order valence-corrected chi connectivity index (χ1v) is 12.6. The third-order valence-electron chi connectivity index (χ3n) is 5.95. The third kappa shape index (κ3) is 7.01. The molecule has 3 aromatic rings.